The van der Waals surface area contributed by atoms with Crippen LogP contribution < -0.4 is 10.1 Å². The van der Waals surface area contributed by atoms with E-state index < -0.39 is 5.97 Å². The van der Waals surface area contributed by atoms with Crippen LogP contribution in [0.3, 0.4) is 0 Å². The molecule has 1 amide bonds. The first-order chi connectivity index (χ1) is 12.1. The Bertz CT molecular complexity index is 683. The molecule has 0 radical (unpaired) electrons. The van der Waals surface area contributed by atoms with Crippen molar-refractivity contribution in [1.29, 1.82) is 0 Å². The van der Waals surface area contributed by atoms with Crippen LogP contribution in [0.15, 0.2) is 54.6 Å². The highest BCUT2D eigenvalue weighted by atomic mass is 16.5. The summed E-state index contributed by atoms with van der Waals surface area (Å²) in [6.07, 6.45) is 0. The Kier molecular flexibility index (Phi) is 7.01. The summed E-state index contributed by atoms with van der Waals surface area (Å²) >= 11 is 0. The fraction of sp³-hybridized carbons (Fsp3) is 0.300. The molecule has 5 heteroatoms. The van der Waals surface area contributed by atoms with Crippen molar-refractivity contribution in [3.63, 3.8) is 0 Å². The van der Waals surface area contributed by atoms with Gasteiger partial charge in [0.1, 0.15) is 5.75 Å². The van der Waals surface area contributed by atoms with Gasteiger partial charge in [-0.05, 0) is 42.7 Å². The van der Waals surface area contributed by atoms with Gasteiger partial charge < -0.3 is 14.8 Å². The number of hydrogen-bond acceptors (Lipinski definition) is 4. The van der Waals surface area contributed by atoms with Gasteiger partial charge in [-0.2, -0.15) is 0 Å². The summed E-state index contributed by atoms with van der Waals surface area (Å²) in [6.45, 7) is 4.67. The van der Waals surface area contributed by atoms with Crippen LogP contribution in [0.5, 0.6) is 5.75 Å². The van der Waals surface area contributed by atoms with Crippen LogP contribution in [0.4, 0.5) is 0 Å². The number of amides is 1. The molecule has 0 spiro atoms. The number of benzene rings is 2. The molecular weight excluding hydrogens is 318 g/mol. The van der Waals surface area contributed by atoms with Crippen molar-refractivity contribution in [3.8, 4) is 5.75 Å². The lowest BCUT2D eigenvalue weighted by Crippen LogP contribution is -2.31. The van der Waals surface area contributed by atoms with Crippen molar-refractivity contribution in [2.24, 2.45) is 0 Å². The van der Waals surface area contributed by atoms with Gasteiger partial charge in [0.15, 0.2) is 6.61 Å². The second kappa shape index (κ2) is 9.47. The average molecular weight is 341 g/mol. The zero-order chi connectivity index (χ0) is 18.1. The van der Waals surface area contributed by atoms with E-state index in [0.29, 0.717) is 24.5 Å². The molecule has 5 nitrogen and oxygen atoms in total. The van der Waals surface area contributed by atoms with Crippen LogP contribution in [-0.2, 0) is 9.53 Å². The van der Waals surface area contributed by atoms with Crippen LogP contribution in [0.2, 0.25) is 0 Å². The molecular formula is C20H23NO4. The highest BCUT2D eigenvalue weighted by Crippen LogP contribution is 2.14. The van der Waals surface area contributed by atoms with Crippen molar-refractivity contribution in [1.82, 2.24) is 5.32 Å². The fourth-order valence-corrected chi connectivity index (χ4v) is 2.29. The maximum Gasteiger partial charge on any atom is 0.338 e. The summed E-state index contributed by atoms with van der Waals surface area (Å²) in [6, 6.07) is 16.5. The molecule has 0 aliphatic heterocycles. The first kappa shape index (κ1) is 18.5. The molecule has 1 N–H and O–H groups in total. The SMILES string of the molecule is CCOc1ccc(C(=O)OCC(=O)NC[C@@H](C)c2ccccc2)cc1. The number of carbonyl (C=O) groups is 2. The van der Waals surface area contributed by atoms with Gasteiger partial charge in [-0.3, -0.25) is 4.79 Å². The summed E-state index contributed by atoms with van der Waals surface area (Å²) in [5, 5.41) is 2.78. The van der Waals surface area contributed by atoms with Gasteiger partial charge in [0.2, 0.25) is 0 Å². The Morgan fingerprint density at radius 3 is 2.36 bits per heavy atom. The molecule has 0 aromatic heterocycles. The zero-order valence-corrected chi connectivity index (χ0v) is 14.5. The number of ether oxygens (including phenoxy) is 2. The molecule has 2 aromatic rings. The zero-order valence-electron chi connectivity index (χ0n) is 14.5. The lowest BCUT2D eigenvalue weighted by atomic mass is 10.0. The summed E-state index contributed by atoms with van der Waals surface area (Å²) in [7, 11) is 0. The van der Waals surface area contributed by atoms with Crippen LogP contribution in [0, 0.1) is 0 Å². The molecule has 0 saturated carbocycles. The molecule has 0 heterocycles. The molecule has 1 atom stereocenters. The van der Waals surface area contributed by atoms with E-state index in [1.54, 1.807) is 24.3 Å². The second-order valence-electron chi connectivity index (χ2n) is 5.65. The standard InChI is InChI=1S/C20H23NO4/c1-3-24-18-11-9-17(10-12-18)20(23)25-14-19(22)21-13-15(2)16-7-5-4-6-8-16/h4-12,15H,3,13-14H2,1-2H3,(H,21,22)/t15-/m1/s1. The largest absolute Gasteiger partial charge is 0.494 e. The normalized spacial score (nSPS) is 11.4. The van der Waals surface area contributed by atoms with Crippen LogP contribution in [-0.4, -0.2) is 31.6 Å². The molecule has 0 bridgehead atoms. The summed E-state index contributed by atoms with van der Waals surface area (Å²) < 4.78 is 10.3. The third kappa shape index (κ3) is 5.95. The van der Waals surface area contributed by atoms with Crippen molar-refractivity contribution < 1.29 is 19.1 Å². The van der Waals surface area contributed by atoms with Gasteiger partial charge in [-0.1, -0.05) is 37.3 Å². The molecule has 0 aliphatic rings. The lowest BCUT2D eigenvalue weighted by molar-refractivity contribution is -0.124. The van der Waals surface area contributed by atoms with E-state index in [1.807, 2.05) is 44.2 Å². The highest BCUT2D eigenvalue weighted by molar-refractivity contribution is 5.91. The van der Waals surface area contributed by atoms with E-state index in [-0.39, 0.29) is 18.4 Å². The van der Waals surface area contributed by atoms with Crippen LogP contribution in [0.25, 0.3) is 0 Å². The Hall–Kier alpha value is -2.82. The minimum atomic E-state index is -0.533. The molecule has 0 unspecified atom stereocenters. The summed E-state index contributed by atoms with van der Waals surface area (Å²) in [4.78, 5) is 23.8. The van der Waals surface area contributed by atoms with Gasteiger partial charge in [0.25, 0.3) is 5.91 Å². The van der Waals surface area contributed by atoms with Crippen LogP contribution >= 0.6 is 0 Å². The Morgan fingerprint density at radius 2 is 1.72 bits per heavy atom. The maximum absolute atomic E-state index is 11.9. The number of esters is 1. The predicted molar refractivity (Wildman–Crippen MR) is 95.8 cm³/mol. The first-order valence-corrected chi connectivity index (χ1v) is 8.31. The van der Waals surface area contributed by atoms with Crippen molar-refractivity contribution in [2.45, 2.75) is 19.8 Å². The molecule has 2 aromatic carbocycles. The molecule has 132 valence electrons. The maximum atomic E-state index is 11.9. The molecule has 2 rings (SSSR count). The summed E-state index contributed by atoms with van der Waals surface area (Å²) in [5.74, 6) is 0.0232. The van der Waals surface area contributed by atoms with Crippen molar-refractivity contribution in [2.75, 3.05) is 19.8 Å². The molecule has 0 aliphatic carbocycles. The number of carbonyl (C=O) groups excluding carboxylic acids is 2. The van der Waals surface area contributed by atoms with Crippen molar-refractivity contribution in [3.05, 3.63) is 65.7 Å². The third-order valence-electron chi connectivity index (χ3n) is 3.71. The monoisotopic (exact) mass is 341 g/mol. The summed E-state index contributed by atoms with van der Waals surface area (Å²) in [5.41, 5.74) is 1.53. The van der Waals surface area contributed by atoms with Gasteiger partial charge in [0, 0.05) is 6.54 Å². The van der Waals surface area contributed by atoms with Gasteiger partial charge >= 0.3 is 5.97 Å². The third-order valence-corrected chi connectivity index (χ3v) is 3.71. The lowest BCUT2D eigenvalue weighted by Gasteiger charge is -2.13. The van der Waals surface area contributed by atoms with E-state index in [2.05, 4.69) is 5.32 Å². The van der Waals surface area contributed by atoms with Gasteiger partial charge in [-0.15, -0.1) is 0 Å². The van der Waals surface area contributed by atoms with E-state index >= 15 is 0 Å². The first-order valence-electron chi connectivity index (χ1n) is 8.31. The van der Waals surface area contributed by atoms with Gasteiger partial charge in [-0.25, -0.2) is 4.79 Å². The van der Waals surface area contributed by atoms with Crippen LogP contribution in [0.1, 0.15) is 35.7 Å². The number of hydrogen-bond donors (Lipinski definition) is 1. The van der Waals surface area contributed by atoms with E-state index in [4.69, 9.17) is 9.47 Å². The fourth-order valence-electron chi connectivity index (χ4n) is 2.29. The van der Waals surface area contributed by atoms with Crippen molar-refractivity contribution >= 4 is 11.9 Å². The van der Waals surface area contributed by atoms with E-state index in [1.165, 1.54) is 0 Å². The smallest absolute Gasteiger partial charge is 0.338 e. The predicted octanol–water partition coefficient (Wildman–Crippen LogP) is 3.16. The highest BCUT2D eigenvalue weighted by Gasteiger charge is 2.12. The van der Waals surface area contributed by atoms with E-state index in [0.717, 1.165) is 5.56 Å². The Labute approximate surface area is 148 Å². The Balaban J connectivity index is 1.74. The Morgan fingerprint density at radius 1 is 1.04 bits per heavy atom. The average Bonchev–Trinajstić information content (AvgIpc) is 2.65. The number of nitrogens with one attached hydrogen (secondary N) is 1. The van der Waals surface area contributed by atoms with Gasteiger partial charge in [0.05, 0.1) is 12.2 Å². The minimum absolute atomic E-state index is 0.187. The topological polar surface area (TPSA) is 64.6 Å². The molecule has 0 fully saturated rings. The van der Waals surface area contributed by atoms with E-state index in [9.17, 15) is 9.59 Å². The molecule has 0 saturated heterocycles. The molecule has 25 heavy (non-hydrogen) atoms. The second-order valence-corrected chi connectivity index (χ2v) is 5.65. The quantitative estimate of drug-likeness (QED) is 0.749. The number of rotatable bonds is 8. The minimum Gasteiger partial charge on any atom is -0.494 e.